The number of aromatic nitrogens is 3. The third-order valence-corrected chi connectivity index (χ3v) is 6.31. The first kappa shape index (κ1) is 24.9. The van der Waals surface area contributed by atoms with Crippen molar-refractivity contribution in [1.29, 1.82) is 0 Å². The molecule has 2 amide bonds. The van der Waals surface area contributed by atoms with Crippen LogP contribution in [0.4, 0.5) is 5.69 Å². The van der Waals surface area contributed by atoms with Crippen molar-refractivity contribution in [2.45, 2.75) is 25.0 Å². The largest absolute Gasteiger partial charge is 0.495 e. The van der Waals surface area contributed by atoms with Crippen LogP contribution in [0, 0.1) is 6.92 Å². The van der Waals surface area contributed by atoms with Crippen LogP contribution in [-0.4, -0.2) is 39.4 Å². The number of thioether (sulfide) groups is 1. The summed E-state index contributed by atoms with van der Waals surface area (Å²) < 4.78 is 7.03. The van der Waals surface area contributed by atoms with E-state index < -0.39 is 6.04 Å². The predicted molar refractivity (Wildman–Crippen MR) is 130 cm³/mol. The molecule has 0 bridgehead atoms. The number of anilines is 1. The van der Waals surface area contributed by atoms with E-state index in [1.165, 1.54) is 17.8 Å². The van der Waals surface area contributed by atoms with E-state index in [0.29, 0.717) is 33.0 Å². The van der Waals surface area contributed by atoms with E-state index in [0.717, 1.165) is 5.56 Å². The number of hydrogen-bond acceptors (Lipinski definition) is 6. The van der Waals surface area contributed by atoms with E-state index in [4.69, 9.17) is 27.9 Å². The lowest BCUT2D eigenvalue weighted by Crippen LogP contribution is -2.28. The number of ether oxygens (including phenoxy) is 1. The Bertz CT molecular complexity index is 1180. The fourth-order valence-electron chi connectivity index (χ4n) is 3.08. The molecule has 3 aromatic rings. The number of hydrogen-bond donors (Lipinski definition) is 2. The Labute approximate surface area is 206 Å². The average molecular weight is 508 g/mol. The molecule has 1 heterocycles. The number of benzene rings is 2. The standard InChI is InChI=1S/C22H23Cl2N5O3S/c1-12-5-8-18(32-4)17(9-12)26-19(30)11-33-22-28-27-20(29(22)3)13(2)25-21(31)15-7-6-14(23)10-16(15)24/h5-10,13H,11H2,1-4H3,(H,25,31)(H,26,30)/t13-/m0/s1. The van der Waals surface area contributed by atoms with Crippen LogP contribution in [0.3, 0.4) is 0 Å². The summed E-state index contributed by atoms with van der Waals surface area (Å²) in [6, 6.07) is 9.79. The molecule has 0 fully saturated rings. The van der Waals surface area contributed by atoms with Crippen LogP contribution in [0.15, 0.2) is 41.6 Å². The van der Waals surface area contributed by atoms with Crippen molar-refractivity contribution in [3.8, 4) is 5.75 Å². The van der Waals surface area contributed by atoms with Gasteiger partial charge in [-0.05, 0) is 49.7 Å². The molecule has 174 valence electrons. The molecule has 1 atom stereocenters. The van der Waals surface area contributed by atoms with Gasteiger partial charge >= 0.3 is 0 Å². The molecule has 11 heteroatoms. The third kappa shape index (κ3) is 6.19. The van der Waals surface area contributed by atoms with E-state index in [9.17, 15) is 9.59 Å². The van der Waals surface area contributed by atoms with Gasteiger partial charge in [0.1, 0.15) is 5.75 Å². The van der Waals surface area contributed by atoms with E-state index in [2.05, 4.69) is 20.8 Å². The molecule has 0 aliphatic rings. The van der Waals surface area contributed by atoms with Gasteiger partial charge in [0.25, 0.3) is 5.91 Å². The maximum atomic E-state index is 12.6. The molecule has 33 heavy (non-hydrogen) atoms. The van der Waals surface area contributed by atoms with Gasteiger partial charge in [0.15, 0.2) is 11.0 Å². The molecule has 3 rings (SSSR count). The predicted octanol–water partition coefficient (Wildman–Crippen LogP) is 4.66. The zero-order valence-corrected chi connectivity index (χ0v) is 20.8. The van der Waals surface area contributed by atoms with Gasteiger partial charge in [-0.3, -0.25) is 9.59 Å². The van der Waals surface area contributed by atoms with Gasteiger partial charge in [0.05, 0.1) is 35.2 Å². The van der Waals surface area contributed by atoms with Crippen LogP contribution in [0.25, 0.3) is 0 Å². The highest BCUT2D eigenvalue weighted by atomic mass is 35.5. The molecule has 1 aromatic heterocycles. The molecule has 0 aliphatic carbocycles. The zero-order chi connectivity index (χ0) is 24.1. The second-order valence-electron chi connectivity index (χ2n) is 7.26. The first-order valence-electron chi connectivity index (χ1n) is 9.92. The van der Waals surface area contributed by atoms with Crippen molar-refractivity contribution < 1.29 is 14.3 Å². The Morgan fingerprint density at radius 3 is 2.64 bits per heavy atom. The van der Waals surface area contributed by atoms with Gasteiger partial charge in [-0.2, -0.15) is 0 Å². The average Bonchev–Trinajstić information content (AvgIpc) is 3.12. The minimum absolute atomic E-state index is 0.129. The second kappa shape index (κ2) is 10.9. The molecule has 0 radical (unpaired) electrons. The SMILES string of the molecule is COc1ccc(C)cc1NC(=O)CSc1nnc([C@H](C)NC(=O)c2ccc(Cl)cc2Cl)n1C. The Hall–Kier alpha value is -2.75. The summed E-state index contributed by atoms with van der Waals surface area (Å²) in [7, 11) is 3.33. The number of nitrogens with zero attached hydrogens (tertiary/aromatic N) is 3. The Balaban J connectivity index is 1.61. The Kier molecular flexibility index (Phi) is 8.23. The van der Waals surface area contributed by atoms with Gasteiger partial charge in [0, 0.05) is 12.1 Å². The smallest absolute Gasteiger partial charge is 0.253 e. The summed E-state index contributed by atoms with van der Waals surface area (Å²) in [6.45, 7) is 3.72. The van der Waals surface area contributed by atoms with Crippen molar-refractivity contribution in [1.82, 2.24) is 20.1 Å². The first-order valence-corrected chi connectivity index (χ1v) is 11.7. The molecular weight excluding hydrogens is 485 g/mol. The van der Waals surface area contributed by atoms with Crippen LogP contribution in [0.1, 0.15) is 34.7 Å². The van der Waals surface area contributed by atoms with Crippen LogP contribution >= 0.6 is 35.0 Å². The molecule has 0 saturated heterocycles. The number of rotatable bonds is 8. The summed E-state index contributed by atoms with van der Waals surface area (Å²) in [5.74, 6) is 0.700. The highest BCUT2D eigenvalue weighted by Crippen LogP contribution is 2.26. The normalized spacial score (nSPS) is 11.7. The fraction of sp³-hybridized carbons (Fsp3) is 0.273. The molecule has 0 spiro atoms. The number of carbonyl (C=O) groups is 2. The fourth-order valence-corrected chi connectivity index (χ4v) is 4.29. The molecule has 0 saturated carbocycles. The molecule has 2 N–H and O–H groups in total. The highest BCUT2D eigenvalue weighted by molar-refractivity contribution is 7.99. The Morgan fingerprint density at radius 1 is 1.18 bits per heavy atom. The van der Waals surface area contributed by atoms with E-state index >= 15 is 0 Å². The van der Waals surface area contributed by atoms with E-state index in [-0.39, 0.29) is 22.6 Å². The first-order chi connectivity index (χ1) is 15.7. The topological polar surface area (TPSA) is 98.1 Å². The number of methoxy groups -OCH3 is 1. The molecular formula is C22H23Cl2N5O3S. The van der Waals surface area contributed by atoms with Crippen LogP contribution < -0.4 is 15.4 Å². The van der Waals surface area contributed by atoms with Crippen LogP contribution in [0.2, 0.25) is 10.0 Å². The lowest BCUT2D eigenvalue weighted by atomic mass is 10.2. The van der Waals surface area contributed by atoms with E-state index in [1.807, 2.05) is 19.1 Å². The maximum Gasteiger partial charge on any atom is 0.253 e. The van der Waals surface area contributed by atoms with Gasteiger partial charge < -0.3 is 19.9 Å². The van der Waals surface area contributed by atoms with Crippen molar-refractivity contribution >= 4 is 52.5 Å². The van der Waals surface area contributed by atoms with E-state index in [1.54, 1.807) is 43.8 Å². The van der Waals surface area contributed by atoms with Gasteiger partial charge in [0.2, 0.25) is 5.91 Å². The van der Waals surface area contributed by atoms with Gasteiger partial charge in [-0.25, -0.2) is 0 Å². The summed E-state index contributed by atoms with van der Waals surface area (Å²) in [5, 5.41) is 15.3. The zero-order valence-electron chi connectivity index (χ0n) is 18.5. The van der Waals surface area contributed by atoms with Crippen molar-refractivity contribution in [3.63, 3.8) is 0 Å². The maximum absolute atomic E-state index is 12.6. The molecule has 2 aromatic carbocycles. The number of nitrogens with one attached hydrogen (secondary N) is 2. The van der Waals surface area contributed by atoms with Gasteiger partial charge in [-0.1, -0.05) is 41.0 Å². The lowest BCUT2D eigenvalue weighted by Gasteiger charge is -2.14. The summed E-state index contributed by atoms with van der Waals surface area (Å²) in [6.07, 6.45) is 0. The third-order valence-electron chi connectivity index (χ3n) is 4.74. The molecule has 8 nitrogen and oxygen atoms in total. The number of aryl methyl sites for hydroxylation is 1. The number of carbonyl (C=O) groups excluding carboxylic acids is 2. The van der Waals surface area contributed by atoms with Gasteiger partial charge in [-0.15, -0.1) is 10.2 Å². The van der Waals surface area contributed by atoms with Crippen LogP contribution in [-0.2, 0) is 11.8 Å². The minimum Gasteiger partial charge on any atom is -0.495 e. The number of amides is 2. The van der Waals surface area contributed by atoms with Crippen LogP contribution in [0.5, 0.6) is 5.75 Å². The summed E-state index contributed by atoms with van der Waals surface area (Å²) in [4.78, 5) is 25.0. The Morgan fingerprint density at radius 2 is 1.94 bits per heavy atom. The summed E-state index contributed by atoms with van der Waals surface area (Å²) >= 11 is 13.2. The number of halogens is 2. The second-order valence-corrected chi connectivity index (χ2v) is 9.05. The van der Waals surface area contributed by atoms with Crippen molar-refractivity contribution in [3.05, 3.63) is 63.4 Å². The highest BCUT2D eigenvalue weighted by Gasteiger charge is 2.20. The molecule has 0 aliphatic heterocycles. The van der Waals surface area contributed by atoms with Crippen molar-refractivity contribution in [2.75, 3.05) is 18.2 Å². The summed E-state index contributed by atoms with van der Waals surface area (Å²) in [5.41, 5.74) is 1.93. The quantitative estimate of drug-likeness (QED) is 0.430. The monoisotopic (exact) mass is 507 g/mol. The lowest BCUT2D eigenvalue weighted by molar-refractivity contribution is -0.113. The molecule has 0 unspecified atom stereocenters. The van der Waals surface area contributed by atoms with Crippen molar-refractivity contribution in [2.24, 2.45) is 7.05 Å². The minimum atomic E-state index is -0.443.